The zero-order chi connectivity index (χ0) is 27.6. The van der Waals surface area contributed by atoms with Gasteiger partial charge in [0.1, 0.15) is 17.2 Å². The van der Waals surface area contributed by atoms with E-state index in [9.17, 15) is 19.5 Å². The van der Waals surface area contributed by atoms with Crippen LogP contribution in [0, 0.1) is 0 Å². The summed E-state index contributed by atoms with van der Waals surface area (Å²) in [4.78, 5) is 46.0. The van der Waals surface area contributed by atoms with Gasteiger partial charge in [-0.3, -0.25) is 24.2 Å². The summed E-state index contributed by atoms with van der Waals surface area (Å²) in [7, 11) is 0. The fraction of sp³-hybridized carbons (Fsp3) is 0.889. The summed E-state index contributed by atoms with van der Waals surface area (Å²) in [6.07, 6.45) is 1.99. The van der Waals surface area contributed by atoms with E-state index in [-0.39, 0.29) is 24.8 Å². The van der Waals surface area contributed by atoms with Crippen LogP contribution in [0.1, 0.15) is 67.2 Å². The van der Waals surface area contributed by atoms with Crippen molar-refractivity contribution < 1.29 is 29.0 Å². The highest BCUT2D eigenvalue weighted by atomic mass is 16.6. The van der Waals surface area contributed by atoms with Gasteiger partial charge in [0.2, 0.25) is 0 Å². The van der Waals surface area contributed by atoms with Crippen LogP contribution in [0.5, 0.6) is 0 Å². The molecule has 214 valence electrons. The summed E-state index contributed by atoms with van der Waals surface area (Å²) in [5, 5.41) is 9.28. The molecule has 2 aliphatic heterocycles. The standard InChI is InChI=1S/C27H50N4O6/c1-26(2,3)36-24(34)21-30-13-7-11-29-16-15-28(17-18-30)12-8-14-31(20-19-29)22(9-10-23(32)33)25(35)37-27(4,5)6/h22H,7-21H2,1-6H3,(H,32,33)/t22-/m1/s1. The van der Waals surface area contributed by atoms with Crippen LogP contribution in [-0.4, -0.2) is 132 Å². The molecule has 2 bridgehead atoms. The first-order valence-electron chi connectivity index (χ1n) is 13.8. The van der Waals surface area contributed by atoms with Crippen molar-refractivity contribution in [2.24, 2.45) is 0 Å². The molecule has 2 heterocycles. The van der Waals surface area contributed by atoms with E-state index < -0.39 is 23.2 Å². The van der Waals surface area contributed by atoms with Gasteiger partial charge < -0.3 is 24.4 Å². The van der Waals surface area contributed by atoms with Crippen LogP contribution < -0.4 is 0 Å². The number of hydrogen-bond acceptors (Lipinski definition) is 9. The molecule has 0 aliphatic carbocycles. The molecule has 3 atom stereocenters. The number of esters is 2. The van der Waals surface area contributed by atoms with Gasteiger partial charge in [-0.05, 0) is 73.9 Å². The molecule has 0 saturated carbocycles. The minimum atomic E-state index is -0.902. The van der Waals surface area contributed by atoms with E-state index in [2.05, 4.69) is 19.6 Å². The third-order valence-corrected chi connectivity index (χ3v) is 6.56. The first-order valence-corrected chi connectivity index (χ1v) is 13.8. The zero-order valence-corrected chi connectivity index (χ0v) is 24.0. The van der Waals surface area contributed by atoms with Crippen molar-refractivity contribution in [1.82, 2.24) is 19.6 Å². The first kappa shape index (κ1) is 31.5. The minimum absolute atomic E-state index is 0.0657. The van der Waals surface area contributed by atoms with E-state index in [4.69, 9.17) is 9.47 Å². The topological polar surface area (TPSA) is 103 Å². The highest BCUT2D eigenvalue weighted by Gasteiger charge is 2.31. The maximum Gasteiger partial charge on any atom is 0.323 e. The Morgan fingerprint density at radius 2 is 1.27 bits per heavy atom. The van der Waals surface area contributed by atoms with Gasteiger partial charge in [-0.2, -0.15) is 0 Å². The quantitative estimate of drug-likeness (QED) is 0.495. The average molecular weight is 527 g/mol. The monoisotopic (exact) mass is 526 g/mol. The Labute approximate surface area is 223 Å². The number of aliphatic carboxylic acids is 1. The Balaban J connectivity index is 2.08. The van der Waals surface area contributed by atoms with Crippen molar-refractivity contribution in [3.05, 3.63) is 0 Å². The summed E-state index contributed by atoms with van der Waals surface area (Å²) in [6, 6.07) is -0.567. The van der Waals surface area contributed by atoms with Gasteiger partial charge >= 0.3 is 17.9 Å². The van der Waals surface area contributed by atoms with Gasteiger partial charge in [0, 0.05) is 58.8 Å². The van der Waals surface area contributed by atoms with Crippen molar-refractivity contribution in [1.29, 1.82) is 0 Å². The zero-order valence-electron chi connectivity index (χ0n) is 24.0. The van der Waals surface area contributed by atoms with Crippen LogP contribution in [0.25, 0.3) is 0 Å². The molecular weight excluding hydrogens is 476 g/mol. The van der Waals surface area contributed by atoms with Gasteiger partial charge in [0.05, 0.1) is 6.54 Å². The van der Waals surface area contributed by atoms with Crippen molar-refractivity contribution >= 4 is 17.9 Å². The van der Waals surface area contributed by atoms with Gasteiger partial charge in [-0.1, -0.05) is 0 Å². The van der Waals surface area contributed by atoms with Gasteiger partial charge in [-0.25, -0.2) is 0 Å². The normalized spacial score (nSPS) is 24.2. The van der Waals surface area contributed by atoms with Crippen molar-refractivity contribution in [3.8, 4) is 0 Å². The van der Waals surface area contributed by atoms with Gasteiger partial charge in [0.25, 0.3) is 0 Å². The van der Waals surface area contributed by atoms with E-state index in [1.165, 1.54) is 0 Å². The lowest BCUT2D eigenvalue weighted by atomic mass is 10.1. The van der Waals surface area contributed by atoms with E-state index in [0.29, 0.717) is 19.6 Å². The second-order valence-corrected chi connectivity index (χ2v) is 12.3. The van der Waals surface area contributed by atoms with Crippen molar-refractivity contribution in [3.63, 3.8) is 0 Å². The molecule has 0 amide bonds. The van der Waals surface area contributed by atoms with E-state index in [1.54, 1.807) is 0 Å². The van der Waals surface area contributed by atoms with Crippen LogP contribution in [0.15, 0.2) is 0 Å². The van der Waals surface area contributed by atoms with Crippen LogP contribution in [0.2, 0.25) is 0 Å². The molecule has 10 nitrogen and oxygen atoms in total. The first-order chi connectivity index (χ1) is 17.2. The Hall–Kier alpha value is -1.75. The lowest BCUT2D eigenvalue weighted by molar-refractivity contribution is -0.162. The predicted octanol–water partition coefficient (Wildman–Crippen LogP) is 1.92. The maximum absolute atomic E-state index is 13.1. The van der Waals surface area contributed by atoms with E-state index in [0.717, 1.165) is 65.2 Å². The second kappa shape index (κ2) is 14.4. The molecule has 2 fully saturated rings. The predicted molar refractivity (Wildman–Crippen MR) is 142 cm³/mol. The number of carboxylic acid groups (broad SMARTS) is 1. The number of carbonyl (C=O) groups is 3. The number of carbonyl (C=O) groups excluding carboxylic acids is 2. The van der Waals surface area contributed by atoms with E-state index >= 15 is 0 Å². The number of hydrogen-bond donors (Lipinski definition) is 1. The fourth-order valence-corrected chi connectivity index (χ4v) is 4.85. The SMILES string of the molecule is CC(C)(C)OC(=O)CN1CCCN2CCN(CCCN([C@H](CCC(=O)O)C(=O)OC(C)(C)C)CC2)CC1. The largest absolute Gasteiger partial charge is 0.481 e. The molecule has 0 aromatic heterocycles. The Morgan fingerprint density at radius 1 is 0.730 bits per heavy atom. The summed E-state index contributed by atoms with van der Waals surface area (Å²) < 4.78 is 11.2. The van der Waals surface area contributed by atoms with Crippen LogP contribution >= 0.6 is 0 Å². The second-order valence-electron chi connectivity index (χ2n) is 12.3. The Kier molecular flexibility index (Phi) is 12.3. The van der Waals surface area contributed by atoms with E-state index in [1.807, 2.05) is 41.5 Å². The molecule has 10 heteroatoms. The molecule has 0 spiro atoms. The van der Waals surface area contributed by atoms with Crippen LogP contribution in [-0.2, 0) is 23.9 Å². The smallest absolute Gasteiger partial charge is 0.323 e. The molecule has 2 rings (SSSR count). The highest BCUT2D eigenvalue weighted by molar-refractivity contribution is 5.77. The molecule has 2 unspecified atom stereocenters. The molecule has 2 aliphatic rings. The molecule has 1 N–H and O–H groups in total. The number of carboxylic acids is 1. The van der Waals surface area contributed by atoms with Gasteiger partial charge in [0.15, 0.2) is 0 Å². The fourth-order valence-electron chi connectivity index (χ4n) is 4.85. The summed E-state index contributed by atoms with van der Waals surface area (Å²) in [5.41, 5.74) is -1.11. The number of ether oxygens (including phenoxy) is 2. The minimum Gasteiger partial charge on any atom is -0.481 e. The Bertz CT molecular complexity index is 748. The molecule has 0 radical (unpaired) electrons. The Morgan fingerprint density at radius 3 is 1.84 bits per heavy atom. The van der Waals surface area contributed by atoms with Crippen LogP contribution in [0.4, 0.5) is 0 Å². The van der Waals surface area contributed by atoms with Gasteiger partial charge in [-0.15, -0.1) is 0 Å². The summed E-state index contributed by atoms with van der Waals surface area (Å²) >= 11 is 0. The molecule has 37 heavy (non-hydrogen) atoms. The van der Waals surface area contributed by atoms with Crippen molar-refractivity contribution in [2.45, 2.75) is 84.5 Å². The van der Waals surface area contributed by atoms with Crippen molar-refractivity contribution in [2.75, 3.05) is 72.0 Å². The average Bonchev–Trinajstić information content (AvgIpc) is 2.74. The lowest BCUT2D eigenvalue weighted by Gasteiger charge is -2.38. The third-order valence-electron chi connectivity index (χ3n) is 6.56. The highest BCUT2D eigenvalue weighted by Crippen LogP contribution is 2.17. The third kappa shape index (κ3) is 13.0. The maximum atomic E-state index is 13.1. The molecule has 2 saturated heterocycles. The summed E-state index contributed by atoms with van der Waals surface area (Å²) in [5.74, 6) is -1.42. The number of nitrogens with zero attached hydrogens (tertiary/aromatic N) is 4. The van der Waals surface area contributed by atoms with Crippen LogP contribution in [0.3, 0.4) is 0 Å². The molecule has 0 aromatic carbocycles. The molecule has 0 aromatic rings. The number of fused-ring (bicyclic) bond motifs is 3. The molecular formula is C27H50N4O6. The summed E-state index contributed by atoms with van der Waals surface area (Å²) in [6.45, 7) is 19.9. The number of rotatable bonds is 7. The lowest BCUT2D eigenvalue weighted by Crippen LogP contribution is -2.51.